The fourth-order valence-corrected chi connectivity index (χ4v) is 1.19. The second-order valence-electron chi connectivity index (χ2n) is 2.92. The first kappa shape index (κ1) is 9.21. The summed E-state index contributed by atoms with van der Waals surface area (Å²) in [7, 11) is 0. The van der Waals surface area contributed by atoms with E-state index >= 15 is 0 Å². The Balaban J connectivity index is 2.34. The average Bonchev–Trinajstić information content (AvgIpc) is 2.68. The Labute approximate surface area is 87.4 Å². The van der Waals surface area contributed by atoms with Crippen LogP contribution < -0.4 is 0 Å². The van der Waals surface area contributed by atoms with Crippen LogP contribution >= 0.6 is 12.6 Å². The molecule has 72 valence electrons. The Morgan fingerprint density at radius 2 is 2.36 bits per heavy atom. The molecule has 0 spiro atoms. The third-order valence-corrected chi connectivity index (χ3v) is 2.05. The topological polar surface area (TPSA) is 43.6 Å². The highest BCUT2D eigenvalue weighted by Gasteiger charge is 2.05. The molecule has 0 fully saturated rings. The van der Waals surface area contributed by atoms with Crippen molar-refractivity contribution in [1.29, 1.82) is 0 Å². The number of hydrogen-bond acceptors (Lipinski definition) is 4. The SMILES string of the molecule is CC(S)n1cnc(-c2cccnc2)n1. The molecule has 0 saturated heterocycles. The van der Waals surface area contributed by atoms with Gasteiger partial charge in [0.15, 0.2) is 5.82 Å². The highest BCUT2D eigenvalue weighted by Crippen LogP contribution is 2.14. The zero-order valence-corrected chi connectivity index (χ0v) is 8.59. The van der Waals surface area contributed by atoms with Gasteiger partial charge in [0, 0.05) is 18.0 Å². The molecule has 1 unspecified atom stereocenters. The van der Waals surface area contributed by atoms with Crippen LogP contribution in [0.25, 0.3) is 11.4 Å². The van der Waals surface area contributed by atoms with Crippen molar-refractivity contribution in [2.24, 2.45) is 0 Å². The van der Waals surface area contributed by atoms with E-state index in [1.807, 2.05) is 19.1 Å². The first-order valence-electron chi connectivity index (χ1n) is 4.27. The van der Waals surface area contributed by atoms with Crippen molar-refractivity contribution in [1.82, 2.24) is 19.7 Å². The van der Waals surface area contributed by atoms with Crippen molar-refractivity contribution < 1.29 is 0 Å². The van der Waals surface area contributed by atoms with Gasteiger partial charge in [-0.1, -0.05) is 0 Å². The summed E-state index contributed by atoms with van der Waals surface area (Å²) < 4.78 is 1.70. The highest BCUT2D eigenvalue weighted by atomic mass is 32.1. The fourth-order valence-electron chi connectivity index (χ4n) is 1.08. The maximum Gasteiger partial charge on any atom is 0.182 e. The van der Waals surface area contributed by atoms with Crippen LogP contribution in [0.3, 0.4) is 0 Å². The molecule has 0 aromatic carbocycles. The predicted octanol–water partition coefficient (Wildman–Crippen LogP) is 1.79. The minimum absolute atomic E-state index is 0.0351. The molecule has 0 radical (unpaired) electrons. The van der Waals surface area contributed by atoms with Gasteiger partial charge in [-0.25, -0.2) is 9.67 Å². The lowest BCUT2D eigenvalue weighted by Gasteiger charge is -2.00. The summed E-state index contributed by atoms with van der Waals surface area (Å²) in [5, 5.41) is 4.30. The molecule has 2 rings (SSSR count). The number of pyridine rings is 1. The molecule has 2 aromatic heterocycles. The van der Waals surface area contributed by atoms with E-state index in [-0.39, 0.29) is 5.37 Å². The summed E-state index contributed by atoms with van der Waals surface area (Å²) in [6.07, 6.45) is 5.13. The van der Waals surface area contributed by atoms with Gasteiger partial charge in [0.1, 0.15) is 6.33 Å². The van der Waals surface area contributed by atoms with Crippen molar-refractivity contribution in [3.63, 3.8) is 0 Å². The standard InChI is InChI=1S/C9H10N4S/c1-7(14)13-6-11-9(12-13)8-3-2-4-10-5-8/h2-7,14H,1H3. The van der Waals surface area contributed by atoms with Gasteiger partial charge >= 0.3 is 0 Å². The van der Waals surface area contributed by atoms with Crippen LogP contribution in [-0.4, -0.2) is 19.7 Å². The maximum atomic E-state index is 4.27. The average molecular weight is 206 g/mol. The molecule has 0 saturated carbocycles. The van der Waals surface area contributed by atoms with Gasteiger partial charge in [-0.15, -0.1) is 5.10 Å². The number of nitrogens with zero attached hydrogens (tertiary/aromatic N) is 4. The van der Waals surface area contributed by atoms with Crippen molar-refractivity contribution in [3.8, 4) is 11.4 Å². The van der Waals surface area contributed by atoms with Gasteiger partial charge < -0.3 is 0 Å². The smallest absolute Gasteiger partial charge is 0.182 e. The lowest BCUT2D eigenvalue weighted by Crippen LogP contribution is -1.98. The van der Waals surface area contributed by atoms with E-state index in [4.69, 9.17) is 0 Å². The Bertz CT molecular complexity index is 410. The zero-order valence-electron chi connectivity index (χ0n) is 7.70. The third kappa shape index (κ3) is 1.77. The van der Waals surface area contributed by atoms with Crippen molar-refractivity contribution in [2.75, 3.05) is 0 Å². The predicted molar refractivity (Wildman–Crippen MR) is 57.0 cm³/mol. The van der Waals surface area contributed by atoms with Crippen LogP contribution in [0.5, 0.6) is 0 Å². The lowest BCUT2D eigenvalue weighted by atomic mass is 10.3. The van der Waals surface area contributed by atoms with Gasteiger partial charge in [-0.05, 0) is 19.1 Å². The number of aromatic nitrogens is 4. The van der Waals surface area contributed by atoms with Crippen LogP contribution in [0.4, 0.5) is 0 Å². The Hall–Kier alpha value is -1.36. The first-order valence-corrected chi connectivity index (χ1v) is 4.78. The minimum atomic E-state index is 0.0351. The largest absolute Gasteiger partial charge is 0.264 e. The molecular weight excluding hydrogens is 196 g/mol. The van der Waals surface area contributed by atoms with Crippen molar-refractivity contribution >= 4 is 12.6 Å². The summed E-state index contributed by atoms with van der Waals surface area (Å²) in [6.45, 7) is 1.94. The Kier molecular flexibility index (Phi) is 2.49. The Morgan fingerprint density at radius 3 is 2.93 bits per heavy atom. The molecule has 1 atom stereocenters. The summed E-state index contributed by atoms with van der Waals surface area (Å²) in [5.41, 5.74) is 0.917. The van der Waals surface area contributed by atoms with Crippen molar-refractivity contribution in [3.05, 3.63) is 30.9 Å². The van der Waals surface area contributed by atoms with Crippen LogP contribution in [0, 0.1) is 0 Å². The molecule has 2 aromatic rings. The summed E-state index contributed by atoms with van der Waals surface area (Å²) in [6, 6.07) is 3.79. The molecule has 0 amide bonds. The maximum absolute atomic E-state index is 4.27. The van der Waals surface area contributed by atoms with Crippen LogP contribution in [0.2, 0.25) is 0 Å². The lowest BCUT2D eigenvalue weighted by molar-refractivity contribution is 0.646. The molecule has 0 aliphatic carbocycles. The van der Waals surface area contributed by atoms with Crippen molar-refractivity contribution in [2.45, 2.75) is 12.3 Å². The zero-order chi connectivity index (χ0) is 9.97. The number of hydrogen-bond donors (Lipinski definition) is 1. The van der Waals surface area contributed by atoms with E-state index < -0.39 is 0 Å². The Morgan fingerprint density at radius 1 is 1.50 bits per heavy atom. The van der Waals surface area contributed by atoms with Gasteiger partial charge in [-0.2, -0.15) is 12.6 Å². The van der Waals surface area contributed by atoms with E-state index in [0.29, 0.717) is 5.82 Å². The van der Waals surface area contributed by atoms with Crippen LogP contribution in [0.1, 0.15) is 12.3 Å². The molecule has 4 nitrogen and oxygen atoms in total. The molecule has 0 N–H and O–H groups in total. The third-order valence-electron chi connectivity index (χ3n) is 1.81. The van der Waals surface area contributed by atoms with Crippen LogP contribution in [0.15, 0.2) is 30.9 Å². The normalized spacial score (nSPS) is 12.7. The fraction of sp³-hybridized carbons (Fsp3) is 0.222. The van der Waals surface area contributed by atoms with E-state index in [9.17, 15) is 0 Å². The van der Waals surface area contributed by atoms with E-state index in [2.05, 4.69) is 27.7 Å². The molecule has 0 aliphatic heterocycles. The van der Waals surface area contributed by atoms with Gasteiger partial charge in [-0.3, -0.25) is 4.98 Å². The van der Waals surface area contributed by atoms with Gasteiger partial charge in [0.05, 0.1) is 5.37 Å². The summed E-state index contributed by atoms with van der Waals surface area (Å²) in [4.78, 5) is 8.18. The number of thiol groups is 1. The van der Waals surface area contributed by atoms with E-state index in [1.54, 1.807) is 23.4 Å². The quantitative estimate of drug-likeness (QED) is 0.762. The van der Waals surface area contributed by atoms with Gasteiger partial charge in [0.25, 0.3) is 0 Å². The molecule has 0 aliphatic rings. The molecule has 0 bridgehead atoms. The highest BCUT2D eigenvalue weighted by molar-refractivity contribution is 7.80. The molecule has 2 heterocycles. The number of rotatable bonds is 2. The van der Waals surface area contributed by atoms with E-state index in [1.165, 1.54) is 0 Å². The first-order chi connectivity index (χ1) is 6.77. The summed E-state index contributed by atoms with van der Waals surface area (Å²) >= 11 is 4.26. The molecule has 14 heavy (non-hydrogen) atoms. The second-order valence-corrected chi connectivity index (χ2v) is 3.67. The molecular formula is C9H10N4S. The van der Waals surface area contributed by atoms with E-state index in [0.717, 1.165) is 5.56 Å². The monoisotopic (exact) mass is 206 g/mol. The minimum Gasteiger partial charge on any atom is -0.264 e. The molecule has 5 heteroatoms. The summed E-state index contributed by atoms with van der Waals surface area (Å²) in [5.74, 6) is 0.680. The van der Waals surface area contributed by atoms with Gasteiger partial charge in [0.2, 0.25) is 0 Å². The second kappa shape index (κ2) is 3.79. The van der Waals surface area contributed by atoms with Crippen LogP contribution in [-0.2, 0) is 0 Å².